The molecule has 0 aromatic heterocycles. The number of halogens is 1. The Bertz CT molecular complexity index is 347. The Morgan fingerprint density at radius 2 is 1.94 bits per heavy atom. The first kappa shape index (κ1) is 13.7. The summed E-state index contributed by atoms with van der Waals surface area (Å²) in [4.78, 5) is 2.56. The number of nitrogens with zero attached hydrogens (tertiary/aromatic N) is 1. The molecule has 3 nitrogen and oxygen atoms in total. The molecule has 1 aromatic carbocycles. The largest absolute Gasteiger partial charge is 0.385 e. The lowest BCUT2D eigenvalue weighted by Gasteiger charge is -2.32. The molecule has 1 fully saturated rings. The van der Waals surface area contributed by atoms with Crippen molar-refractivity contribution in [1.82, 2.24) is 10.2 Å². The normalized spacial score (nSPS) is 18.6. The maximum atomic E-state index is 5.86. The van der Waals surface area contributed by atoms with Crippen molar-refractivity contribution in [2.45, 2.75) is 19.4 Å². The van der Waals surface area contributed by atoms with Gasteiger partial charge < -0.3 is 10.6 Å². The van der Waals surface area contributed by atoms with Crippen molar-refractivity contribution >= 4 is 17.3 Å². The van der Waals surface area contributed by atoms with Crippen molar-refractivity contribution < 1.29 is 0 Å². The lowest BCUT2D eigenvalue weighted by Crippen LogP contribution is -2.47. The van der Waals surface area contributed by atoms with Crippen LogP contribution in [0.25, 0.3) is 0 Å². The fourth-order valence-corrected chi connectivity index (χ4v) is 2.42. The van der Waals surface area contributed by atoms with Crippen LogP contribution in [0.4, 0.5) is 5.69 Å². The van der Waals surface area contributed by atoms with Gasteiger partial charge in [0.15, 0.2) is 0 Å². The lowest BCUT2D eigenvalue weighted by atomic mass is 10.1. The molecule has 0 radical (unpaired) electrons. The fourth-order valence-electron chi connectivity index (χ4n) is 2.30. The quantitative estimate of drug-likeness (QED) is 0.858. The topological polar surface area (TPSA) is 27.3 Å². The molecule has 1 unspecified atom stereocenters. The van der Waals surface area contributed by atoms with Crippen LogP contribution in [0.3, 0.4) is 0 Å². The van der Waals surface area contributed by atoms with Crippen molar-refractivity contribution in [2.75, 3.05) is 38.0 Å². The molecule has 0 amide bonds. The van der Waals surface area contributed by atoms with Crippen LogP contribution in [0.15, 0.2) is 24.3 Å². The number of nitrogens with one attached hydrogen (secondary N) is 2. The molecule has 4 heteroatoms. The molecule has 100 valence electrons. The monoisotopic (exact) mass is 267 g/mol. The summed E-state index contributed by atoms with van der Waals surface area (Å²) in [5, 5.41) is 7.61. The molecule has 0 aliphatic carbocycles. The second-order valence-electron chi connectivity index (χ2n) is 4.86. The number of hydrogen-bond donors (Lipinski definition) is 2. The van der Waals surface area contributed by atoms with Gasteiger partial charge in [0.05, 0.1) is 0 Å². The van der Waals surface area contributed by atoms with Gasteiger partial charge in [-0.3, -0.25) is 4.90 Å². The minimum Gasteiger partial charge on any atom is -0.385 e. The molecule has 1 heterocycles. The molecule has 2 rings (SSSR count). The Kier molecular flexibility index (Phi) is 5.29. The summed E-state index contributed by atoms with van der Waals surface area (Å²) in [5.41, 5.74) is 1.15. The van der Waals surface area contributed by atoms with Gasteiger partial charge in [-0.25, -0.2) is 0 Å². The molecule has 18 heavy (non-hydrogen) atoms. The van der Waals surface area contributed by atoms with Crippen LogP contribution in [-0.2, 0) is 0 Å². The Morgan fingerprint density at radius 1 is 1.28 bits per heavy atom. The summed E-state index contributed by atoms with van der Waals surface area (Å²) >= 11 is 5.86. The van der Waals surface area contributed by atoms with Gasteiger partial charge in [0.25, 0.3) is 0 Å². The smallest absolute Gasteiger partial charge is 0.0407 e. The molecular formula is C14H22ClN3. The first-order valence-corrected chi connectivity index (χ1v) is 7.08. The minimum absolute atomic E-state index is 0.645. The van der Waals surface area contributed by atoms with E-state index in [0.717, 1.165) is 30.3 Å². The summed E-state index contributed by atoms with van der Waals surface area (Å²) in [6.07, 6.45) is 1.17. The van der Waals surface area contributed by atoms with Crippen molar-refractivity contribution in [3.05, 3.63) is 29.3 Å². The van der Waals surface area contributed by atoms with Gasteiger partial charge in [-0.15, -0.1) is 0 Å². The van der Waals surface area contributed by atoms with E-state index in [1.54, 1.807) is 0 Å². The summed E-state index contributed by atoms with van der Waals surface area (Å²) in [6, 6.07) is 8.54. The molecule has 1 aromatic rings. The number of anilines is 1. The second-order valence-corrected chi connectivity index (χ2v) is 5.29. The van der Waals surface area contributed by atoms with E-state index >= 15 is 0 Å². The van der Waals surface area contributed by atoms with Crippen LogP contribution >= 0.6 is 11.6 Å². The van der Waals surface area contributed by atoms with Crippen LogP contribution in [0.1, 0.15) is 13.3 Å². The van der Waals surface area contributed by atoms with Gasteiger partial charge in [-0.05, 0) is 37.6 Å². The second kappa shape index (κ2) is 6.98. The van der Waals surface area contributed by atoms with Gasteiger partial charge >= 0.3 is 0 Å². The summed E-state index contributed by atoms with van der Waals surface area (Å²) < 4.78 is 0. The highest BCUT2D eigenvalue weighted by Crippen LogP contribution is 2.13. The Hall–Kier alpha value is -0.770. The van der Waals surface area contributed by atoms with Gasteiger partial charge in [0.1, 0.15) is 0 Å². The van der Waals surface area contributed by atoms with Gasteiger partial charge in [-0.1, -0.05) is 11.6 Å². The third-order valence-electron chi connectivity index (χ3n) is 3.51. The van der Waals surface area contributed by atoms with E-state index < -0.39 is 0 Å². The fraction of sp³-hybridized carbons (Fsp3) is 0.571. The summed E-state index contributed by atoms with van der Waals surface area (Å²) in [7, 11) is 0. The standard InChI is InChI=1S/C14H22ClN3/c1-12(18-10-8-16-9-11-18)6-7-17-14-4-2-13(15)3-5-14/h2-5,12,16-17H,6-11H2,1H3. The first-order chi connectivity index (χ1) is 8.75. The molecule has 2 N–H and O–H groups in total. The van der Waals surface area contributed by atoms with E-state index in [1.807, 2.05) is 24.3 Å². The van der Waals surface area contributed by atoms with E-state index in [9.17, 15) is 0 Å². The van der Waals surface area contributed by atoms with Crippen LogP contribution < -0.4 is 10.6 Å². The third-order valence-corrected chi connectivity index (χ3v) is 3.76. The van der Waals surface area contributed by atoms with Crippen LogP contribution in [-0.4, -0.2) is 43.7 Å². The van der Waals surface area contributed by atoms with Gasteiger partial charge in [-0.2, -0.15) is 0 Å². The Morgan fingerprint density at radius 3 is 2.61 bits per heavy atom. The maximum Gasteiger partial charge on any atom is 0.0407 e. The molecule has 1 atom stereocenters. The van der Waals surface area contributed by atoms with E-state index in [4.69, 9.17) is 11.6 Å². The van der Waals surface area contributed by atoms with E-state index in [0.29, 0.717) is 6.04 Å². The number of rotatable bonds is 5. The van der Waals surface area contributed by atoms with Crippen molar-refractivity contribution in [3.8, 4) is 0 Å². The van der Waals surface area contributed by atoms with Gasteiger partial charge in [0, 0.05) is 49.5 Å². The maximum absolute atomic E-state index is 5.86. The lowest BCUT2D eigenvalue weighted by molar-refractivity contribution is 0.179. The molecule has 0 saturated carbocycles. The molecule has 1 aliphatic rings. The first-order valence-electron chi connectivity index (χ1n) is 6.70. The van der Waals surface area contributed by atoms with Crippen molar-refractivity contribution in [3.63, 3.8) is 0 Å². The van der Waals surface area contributed by atoms with Crippen molar-refractivity contribution in [1.29, 1.82) is 0 Å². The summed E-state index contributed by atoms with van der Waals surface area (Å²) in [5.74, 6) is 0. The zero-order valence-electron chi connectivity index (χ0n) is 11.0. The van der Waals surface area contributed by atoms with E-state index in [-0.39, 0.29) is 0 Å². The predicted octanol–water partition coefficient (Wildman–Crippen LogP) is 2.44. The molecular weight excluding hydrogens is 246 g/mol. The highest BCUT2D eigenvalue weighted by molar-refractivity contribution is 6.30. The average Bonchev–Trinajstić information content (AvgIpc) is 2.42. The zero-order chi connectivity index (χ0) is 12.8. The molecule has 0 spiro atoms. The highest BCUT2D eigenvalue weighted by atomic mass is 35.5. The SMILES string of the molecule is CC(CCNc1ccc(Cl)cc1)N1CCNCC1. The Balaban J connectivity index is 1.69. The van der Waals surface area contributed by atoms with Gasteiger partial charge in [0.2, 0.25) is 0 Å². The molecule has 1 saturated heterocycles. The van der Waals surface area contributed by atoms with Crippen LogP contribution in [0.5, 0.6) is 0 Å². The average molecular weight is 268 g/mol. The Labute approximate surface area is 115 Å². The molecule has 1 aliphatic heterocycles. The molecule has 0 bridgehead atoms. The summed E-state index contributed by atoms with van der Waals surface area (Å²) in [6.45, 7) is 7.90. The predicted molar refractivity (Wildman–Crippen MR) is 78.5 cm³/mol. The third kappa shape index (κ3) is 4.16. The van der Waals surface area contributed by atoms with E-state index in [2.05, 4.69) is 22.5 Å². The minimum atomic E-state index is 0.645. The number of hydrogen-bond acceptors (Lipinski definition) is 3. The number of benzene rings is 1. The van der Waals surface area contributed by atoms with Crippen LogP contribution in [0.2, 0.25) is 5.02 Å². The zero-order valence-corrected chi connectivity index (χ0v) is 11.7. The van der Waals surface area contributed by atoms with Crippen molar-refractivity contribution in [2.24, 2.45) is 0 Å². The number of piperazine rings is 1. The van der Waals surface area contributed by atoms with E-state index in [1.165, 1.54) is 19.5 Å². The highest BCUT2D eigenvalue weighted by Gasteiger charge is 2.15. The van der Waals surface area contributed by atoms with Crippen LogP contribution in [0, 0.1) is 0 Å².